The molecule has 2 aromatic carbocycles. The Labute approximate surface area is 140 Å². The van der Waals surface area contributed by atoms with Crippen molar-refractivity contribution in [2.75, 3.05) is 11.9 Å². The highest BCUT2D eigenvalue weighted by molar-refractivity contribution is 6.00. The van der Waals surface area contributed by atoms with Crippen LogP contribution in [-0.4, -0.2) is 18.9 Å². The highest BCUT2D eigenvalue weighted by Gasteiger charge is 2.49. The molecule has 0 spiro atoms. The number of benzene rings is 2. The first-order chi connectivity index (χ1) is 11.6. The van der Waals surface area contributed by atoms with Crippen molar-refractivity contribution < 1.29 is 14.0 Å². The number of nitrogens with one attached hydrogen (secondary N) is 1. The summed E-state index contributed by atoms with van der Waals surface area (Å²) in [5.74, 6) is -1.22. The molecule has 0 aromatic heterocycles. The molecular weight excluding hydrogens is 307 g/mol. The molecule has 2 atom stereocenters. The van der Waals surface area contributed by atoms with Crippen LogP contribution in [0, 0.1) is 17.7 Å². The fraction of sp³-hybridized carbons (Fsp3) is 0.263. The summed E-state index contributed by atoms with van der Waals surface area (Å²) in [6.45, 7) is 0.136. The molecule has 1 fully saturated rings. The second-order valence-electron chi connectivity index (χ2n) is 5.99. The predicted molar refractivity (Wildman–Crippen MR) is 89.7 cm³/mol. The van der Waals surface area contributed by atoms with Crippen molar-refractivity contribution in [3.05, 3.63) is 66.0 Å². The van der Waals surface area contributed by atoms with Crippen molar-refractivity contribution in [3.8, 4) is 0 Å². The number of hydrogen-bond donors (Lipinski definition) is 1. The highest BCUT2D eigenvalue weighted by Crippen LogP contribution is 2.40. The number of halogens is 1. The molecule has 2 aromatic rings. The van der Waals surface area contributed by atoms with E-state index in [1.165, 1.54) is 6.07 Å². The lowest BCUT2D eigenvalue weighted by atomic mass is 10.2. The van der Waals surface area contributed by atoms with Gasteiger partial charge in [-0.15, -0.1) is 0 Å². The van der Waals surface area contributed by atoms with E-state index >= 15 is 0 Å². The lowest BCUT2D eigenvalue weighted by Gasteiger charge is -2.17. The van der Waals surface area contributed by atoms with Gasteiger partial charge in [0.15, 0.2) is 0 Å². The maximum absolute atomic E-state index is 13.5. The van der Waals surface area contributed by atoms with E-state index in [1.807, 2.05) is 30.3 Å². The van der Waals surface area contributed by atoms with Crippen LogP contribution in [0.4, 0.5) is 10.1 Å². The lowest BCUT2D eigenvalue weighted by molar-refractivity contribution is -0.126. The van der Waals surface area contributed by atoms with Crippen molar-refractivity contribution >= 4 is 17.5 Å². The van der Waals surface area contributed by atoms with Crippen molar-refractivity contribution in [1.82, 2.24) is 5.32 Å². The van der Waals surface area contributed by atoms with E-state index in [4.69, 9.17) is 0 Å². The molecule has 5 heteroatoms. The number of anilines is 1. The van der Waals surface area contributed by atoms with Gasteiger partial charge in [0.05, 0.1) is 11.8 Å². The Hall–Kier alpha value is -2.69. The molecule has 1 saturated carbocycles. The molecule has 124 valence electrons. The molecule has 1 aliphatic carbocycles. The van der Waals surface area contributed by atoms with Gasteiger partial charge in [-0.25, -0.2) is 4.39 Å². The summed E-state index contributed by atoms with van der Waals surface area (Å²) in [7, 11) is 1.71. The largest absolute Gasteiger partial charge is 0.352 e. The van der Waals surface area contributed by atoms with Gasteiger partial charge in [-0.1, -0.05) is 36.4 Å². The van der Waals surface area contributed by atoms with Crippen molar-refractivity contribution in [2.24, 2.45) is 11.8 Å². The first-order valence-corrected chi connectivity index (χ1v) is 7.91. The number of amides is 2. The predicted octanol–water partition coefficient (Wildman–Crippen LogP) is 2.74. The van der Waals surface area contributed by atoms with Crippen LogP contribution in [0.3, 0.4) is 0 Å². The summed E-state index contributed by atoms with van der Waals surface area (Å²) >= 11 is 0. The summed E-state index contributed by atoms with van der Waals surface area (Å²) in [6, 6.07) is 15.7. The van der Waals surface area contributed by atoms with Crippen molar-refractivity contribution in [2.45, 2.75) is 13.0 Å². The van der Waals surface area contributed by atoms with Gasteiger partial charge < -0.3 is 10.2 Å². The van der Waals surface area contributed by atoms with E-state index in [9.17, 15) is 14.0 Å². The molecule has 4 nitrogen and oxygen atoms in total. The smallest absolute Gasteiger partial charge is 0.230 e. The molecule has 0 aliphatic heterocycles. The number of rotatable bonds is 5. The van der Waals surface area contributed by atoms with E-state index in [-0.39, 0.29) is 36.0 Å². The Morgan fingerprint density at radius 2 is 1.75 bits per heavy atom. The third-order valence-electron chi connectivity index (χ3n) is 4.33. The zero-order valence-corrected chi connectivity index (χ0v) is 13.4. The minimum atomic E-state index is -0.343. The van der Waals surface area contributed by atoms with Crippen LogP contribution in [-0.2, 0) is 16.1 Å². The third-order valence-corrected chi connectivity index (χ3v) is 4.33. The fourth-order valence-corrected chi connectivity index (χ4v) is 2.74. The zero-order chi connectivity index (χ0) is 17.1. The number of carbonyl (C=O) groups excluding carboxylic acids is 2. The minimum Gasteiger partial charge on any atom is -0.352 e. The summed E-state index contributed by atoms with van der Waals surface area (Å²) in [4.78, 5) is 26.2. The van der Waals surface area contributed by atoms with Crippen LogP contribution >= 0.6 is 0 Å². The molecule has 1 aliphatic rings. The summed E-state index contributed by atoms with van der Waals surface area (Å²) in [6.07, 6.45) is 0.541. The molecule has 0 saturated heterocycles. The second-order valence-corrected chi connectivity index (χ2v) is 5.99. The second kappa shape index (κ2) is 6.83. The van der Waals surface area contributed by atoms with Crippen LogP contribution in [0.15, 0.2) is 54.6 Å². The van der Waals surface area contributed by atoms with Crippen molar-refractivity contribution in [1.29, 1.82) is 0 Å². The summed E-state index contributed by atoms with van der Waals surface area (Å²) < 4.78 is 13.5. The quantitative estimate of drug-likeness (QED) is 0.918. The Balaban J connectivity index is 1.54. The molecule has 0 bridgehead atoms. The number of nitrogens with zero attached hydrogens (tertiary/aromatic N) is 1. The van der Waals surface area contributed by atoms with Crippen LogP contribution in [0.5, 0.6) is 0 Å². The van der Waals surface area contributed by atoms with Gasteiger partial charge in [-0.3, -0.25) is 9.59 Å². The first-order valence-electron chi connectivity index (χ1n) is 7.91. The zero-order valence-electron chi connectivity index (χ0n) is 13.4. The Morgan fingerprint density at radius 1 is 1.08 bits per heavy atom. The number of hydrogen-bond acceptors (Lipinski definition) is 2. The Kier molecular flexibility index (Phi) is 4.60. The van der Waals surface area contributed by atoms with Crippen molar-refractivity contribution in [3.63, 3.8) is 0 Å². The van der Waals surface area contributed by atoms with Crippen LogP contribution in [0.1, 0.15) is 12.0 Å². The molecule has 1 N–H and O–H groups in total. The van der Waals surface area contributed by atoms with Gasteiger partial charge in [-0.05, 0) is 24.6 Å². The maximum Gasteiger partial charge on any atom is 0.230 e. The molecule has 3 rings (SSSR count). The molecule has 24 heavy (non-hydrogen) atoms. The average molecular weight is 326 g/mol. The first kappa shape index (κ1) is 16.2. The van der Waals surface area contributed by atoms with E-state index in [1.54, 1.807) is 30.1 Å². The monoisotopic (exact) mass is 326 g/mol. The topological polar surface area (TPSA) is 49.4 Å². The molecule has 2 amide bonds. The van der Waals surface area contributed by atoms with E-state index in [0.29, 0.717) is 12.0 Å². The van der Waals surface area contributed by atoms with Gasteiger partial charge in [-0.2, -0.15) is 0 Å². The lowest BCUT2D eigenvalue weighted by Crippen LogP contribution is -2.31. The van der Waals surface area contributed by atoms with Gasteiger partial charge >= 0.3 is 0 Å². The SMILES string of the molecule is CN(C(=O)C1CC1C(=O)NCc1ccccc1F)c1ccccc1. The summed E-state index contributed by atoms with van der Waals surface area (Å²) in [5.41, 5.74) is 1.25. The standard InChI is InChI=1S/C19H19FN2O2/c1-22(14-8-3-2-4-9-14)19(24)16-11-15(16)18(23)21-12-13-7-5-6-10-17(13)20/h2-10,15-16H,11-12H2,1H3,(H,21,23). The van der Waals surface area contributed by atoms with E-state index < -0.39 is 0 Å². The van der Waals surface area contributed by atoms with Crippen LogP contribution in [0.2, 0.25) is 0 Å². The molecule has 0 radical (unpaired) electrons. The van der Waals surface area contributed by atoms with Gasteiger partial charge in [0.25, 0.3) is 0 Å². The normalized spacial score (nSPS) is 18.8. The van der Waals surface area contributed by atoms with E-state index in [0.717, 1.165) is 5.69 Å². The Morgan fingerprint density at radius 3 is 2.46 bits per heavy atom. The summed E-state index contributed by atoms with van der Waals surface area (Å²) in [5, 5.41) is 2.72. The molecular formula is C19H19FN2O2. The Bertz CT molecular complexity index is 748. The number of para-hydroxylation sites is 1. The minimum absolute atomic E-state index is 0.0627. The van der Waals surface area contributed by atoms with Gasteiger partial charge in [0, 0.05) is 24.8 Å². The molecule has 0 heterocycles. The van der Waals surface area contributed by atoms with Gasteiger partial charge in [0.2, 0.25) is 11.8 Å². The van der Waals surface area contributed by atoms with Crippen LogP contribution in [0.25, 0.3) is 0 Å². The fourth-order valence-electron chi connectivity index (χ4n) is 2.74. The van der Waals surface area contributed by atoms with Gasteiger partial charge in [0.1, 0.15) is 5.82 Å². The van der Waals surface area contributed by atoms with Crippen LogP contribution < -0.4 is 10.2 Å². The molecule has 2 unspecified atom stereocenters. The third kappa shape index (κ3) is 3.45. The average Bonchev–Trinajstić information content (AvgIpc) is 3.41. The number of carbonyl (C=O) groups is 2. The maximum atomic E-state index is 13.5. The van der Waals surface area contributed by atoms with E-state index in [2.05, 4.69) is 5.32 Å². The highest BCUT2D eigenvalue weighted by atomic mass is 19.1.